The molecule has 0 saturated carbocycles. The van der Waals surface area contributed by atoms with Crippen molar-refractivity contribution >= 4 is 0 Å². The van der Waals surface area contributed by atoms with Gasteiger partial charge in [-0.1, -0.05) is 0 Å². The zero-order valence-electron chi connectivity index (χ0n) is 4.20. The summed E-state index contributed by atoms with van der Waals surface area (Å²) in [5.74, 6) is 0. The Balaban J connectivity index is -0.0000000833. The van der Waals surface area contributed by atoms with E-state index in [4.69, 9.17) is 0 Å². The van der Waals surface area contributed by atoms with Crippen molar-refractivity contribution in [3.05, 3.63) is 24.3 Å². The molecule has 0 aromatic carbocycles. The van der Waals surface area contributed by atoms with Crippen LogP contribution >= 0.6 is 0 Å². The van der Waals surface area contributed by atoms with Gasteiger partial charge in [-0.3, -0.25) is 6.08 Å². The number of hydrogen-bond acceptors (Lipinski definition) is 0. The molecule has 43 valence electrons. The Hall–Kier alpha value is 1.44. The van der Waals surface area contributed by atoms with Crippen LogP contribution < -0.4 is 24.8 Å². The van der Waals surface area contributed by atoms with E-state index in [0.717, 1.165) is 6.42 Å². The number of rotatable bonds is 0. The van der Waals surface area contributed by atoms with E-state index < -0.39 is 0 Å². The molecule has 0 saturated heterocycles. The number of allylic oxidation sites excluding steroid dienone is 4. The summed E-state index contributed by atoms with van der Waals surface area (Å²) in [6.45, 7) is 0. The minimum atomic E-state index is 0. The summed E-state index contributed by atoms with van der Waals surface area (Å²) in [5.41, 5.74) is 0. The molecule has 0 aromatic heterocycles. The van der Waals surface area contributed by atoms with Crippen LogP contribution in [0.1, 0.15) is 6.42 Å². The van der Waals surface area contributed by atoms with Crippen molar-refractivity contribution < 1.29 is 66.6 Å². The van der Waals surface area contributed by atoms with Crippen LogP contribution in [0.3, 0.4) is 0 Å². The molecule has 1 rings (SSSR count). The molecule has 0 aliphatic heterocycles. The molecular formula is C5H5CeCl2. The van der Waals surface area contributed by atoms with Crippen molar-refractivity contribution in [3.8, 4) is 0 Å². The zero-order valence-corrected chi connectivity index (χ0v) is 8.85. The Morgan fingerprint density at radius 3 is 2.00 bits per heavy atom. The van der Waals surface area contributed by atoms with E-state index >= 15 is 0 Å². The van der Waals surface area contributed by atoms with Crippen molar-refractivity contribution in [3.63, 3.8) is 0 Å². The summed E-state index contributed by atoms with van der Waals surface area (Å²) in [5, 5.41) is 0. The maximum absolute atomic E-state index is 2.99. The Morgan fingerprint density at radius 2 is 1.88 bits per heavy atom. The molecule has 0 aromatic rings. The molecule has 0 heterocycles. The Bertz CT molecular complexity index is 68.5. The van der Waals surface area contributed by atoms with Gasteiger partial charge in [0.2, 0.25) is 0 Å². The molecule has 0 spiro atoms. The number of halogens is 2. The molecule has 0 N–H and O–H groups in total. The Labute approximate surface area is 96.0 Å². The summed E-state index contributed by atoms with van der Waals surface area (Å²) >= 11 is 0. The molecule has 0 fully saturated rings. The van der Waals surface area contributed by atoms with Crippen molar-refractivity contribution in [2.24, 2.45) is 0 Å². The maximum Gasteiger partial charge on any atom is 3.00 e. The van der Waals surface area contributed by atoms with E-state index in [1.807, 2.05) is 12.2 Å². The SMILES string of the molecule is [C-]1=CC=CC1.[Ce+3].[Cl-].[Cl-]. The second-order valence-electron chi connectivity index (χ2n) is 1.00. The van der Waals surface area contributed by atoms with Crippen LogP contribution in [0.2, 0.25) is 0 Å². The average Bonchev–Trinajstić information content (AvgIpc) is 1.76. The summed E-state index contributed by atoms with van der Waals surface area (Å²) in [4.78, 5) is 0. The molecule has 1 aliphatic carbocycles. The first-order chi connectivity index (χ1) is 2.50. The molecule has 0 amide bonds. The summed E-state index contributed by atoms with van der Waals surface area (Å²) < 4.78 is 0. The predicted octanol–water partition coefficient (Wildman–Crippen LogP) is -4.69. The van der Waals surface area contributed by atoms with Gasteiger partial charge in [0.05, 0.1) is 0 Å². The standard InChI is InChI=1S/C5H5.Ce.2ClH/c1-2-4-5-3-1;;;/h1-3H,4H2;;2*1H/q-1;+3;;/p-2. The van der Waals surface area contributed by atoms with Gasteiger partial charge in [0.15, 0.2) is 0 Å². The second kappa shape index (κ2) is 11.3. The largest absolute Gasteiger partial charge is 3.00 e. The van der Waals surface area contributed by atoms with Gasteiger partial charge in [-0.15, -0.1) is 6.42 Å². The molecule has 0 unspecified atom stereocenters. The van der Waals surface area contributed by atoms with Crippen LogP contribution in [0.25, 0.3) is 0 Å². The summed E-state index contributed by atoms with van der Waals surface area (Å²) in [6, 6.07) is 0. The smallest absolute Gasteiger partial charge is 1.00 e. The van der Waals surface area contributed by atoms with E-state index in [0.29, 0.717) is 0 Å². The maximum atomic E-state index is 2.99. The van der Waals surface area contributed by atoms with E-state index in [2.05, 4.69) is 12.2 Å². The number of hydrogen-bond donors (Lipinski definition) is 0. The molecule has 0 nitrogen and oxygen atoms in total. The van der Waals surface area contributed by atoms with Crippen LogP contribution in [-0.2, 0) is 0 Å². The van der Waals surface area contributed by atoms with Gasteiger partial charge in [0.25, 0.3) is 0 Å². The molecule has 0 atom stereocenters. The van der Waals surface area contributed by atoms with Gasteiger partial charge in [-0.05, 0) is 0 Å². The van der Waals surface area contributed by atoms with Crippen molar-refractivity contribution in [2.45, 2.75) is 6.42 Å². The first-order valence-electron chi connectivity index (χ1n) is 1.72. The Kier molecular flexibility index (Phi) is 22.8. The quantitative estimate of drug-likeness (QED) is 0.390. The molecule has 0 bridgehead atoms. The fraction of sp³-hybridized carbons (Fsp3) is 0.200. The third kappa shape index (κ3) is 7.44. The van der Waals surface area contributed by atoms with Crippen LogP contribution in [0.15, 0.2) is 18.2 Å². The van der Waals surface area contributed by atoms with E-state index in [-0.39, 0.29) is 66.6 Å². The first kappa shape index (κ1) is 16.2. The molecule has 3 heteroatoms. The normalized spacial score (nSPS) is 11.0. The monoisotopic (exact) mass is 275 g/mol. The van der Waals surface area contributed by atoms with Crippen LogP contribution in [-0.4, -0.2) is 0 Å². The van der Waals surface area contributed by atoms with Crippen LogP contribution in [0.4, 0.5) is 0 Å². The minimum Gasteiger partial charge on any atom is -1.00 e. The second-order valence-corrected chi connectivity index (χ2v) is 1.00. The van der Waals surface area contributed by atoms with Gasteiger partial charge in [-0.25, -0.2) is 12.2 Å². The zero-order chi connectivity index (χ0) is 3.54. The third-order valence-electron chi connectivity index (χ3n) is 0.586. The van der Waals surface area contributed by atoms with Crippen LogP contribution in [0.5, 0.6) is 0 Å². The average molecular weight is 276 g/mol. The Morgan fingerprint density at radius 1 is 1.25 bits per heavy atom. The molecule has 8 heavy (non-hydrogen) atoms. The minimum absolute atomic E-state index is 0. The van der Waals surface area contributed by atoms with Crippen molar-refractivity contribution in [1.82, 2.24) is 0 Å². The predicted molar refractivity (Wildman–Crippen MR) is 21.6 cm³/mol. The fourth-order valence-corrected chi connectivity index (χ4v) is 0.340. The van der Waals surface area contributed by atoms with Crippen LogP contribution in [0, 0.1) is 47.8 Å². The van der Waals surface area contributed by atoms with Gasteiger partial charge in [0, 0.05) is 0 Å². The van der Waals surface area contributed by atoms with Crippen molar-refractivity contribution in [2.75, 3.05) is 0 Å². The summed E-state index contributed by atoms with van der Waals surface area (Å²) in [6.07, 6.45) is 10.0. The van der Waals surface area contributed by atoms with Gasteiger partial charge >= 0.3 is 41.7 Å². The topological polar surface area (TPSA) is 0 Å². The molecule has 1 radical (unpaired) electrons. The van der Waals surface area contributed by atoms with Gasteiger partial charge < -0.3 is 24.8 Å². The van der Waals surface area contributed by atoms with E-state index in [9.17, 15) is 0 Å². The molecular weight excluding hydrogens is 271 g/mol. The molecule has 1 aliphatic rings. The van der Waals surface area contributed by atoms with E-state index in [1.54, 1.807) is 0 Å². The first-order valence-corrected chi connectivity index (χ1v) is 1.72. The van der Waals surface area contributed by atoms with Crippen molar-refractivity contribution in [1.29, 1.82) is 0 Å². The fourth-order valence-electron chi connectivity index (χ4n) is 0.340. The van der Waals surface area contributed by atoms with Gasteiger partial charge in [0.1, 0.15) is 0 Å². The third-order valence-corrected chi connectivity index (χ3v) is 0.586. The van der Waals surface area contributed by atoms with Gasteiger partial charge in [-0.2, -0.15) is 6.08 Å². The summed E-state index contributed by atoms with van der Waals surface area (Å²) in [7, 11) is 0. The van der Waals surface area contributed by atoms with E-state index in [1.165, 1.54) is 0 Å².